The molecule has 0 aliphatic carbocycles. The van der Waals surface area contributed by atoms with E-state index >= 15 is 0 Å². The minimum atomic E-state index is -1.79. The minimum Gasteiger partial charge on any atom is -0.495 e. The highest BCUT2D eigenvalue weighted by molar-refractivity contribution is 7.80. The topological polar surface area (TPSA) is 139 Å². The average Bonchev–Trinajstić information content (AvgIpc) is 3.73. The number of nitrogens with one attached hydrogen (secondary N) is 1. The van der Waals surface area contributed by atoms with E-state index in [4.69, 9.17) is 35.3 Å². The Balaban J connectivity index is 1.79. The van der Waals surface area contributed by atoms with Crippen molar-refractivity contribution in [1.82, 2.24) is 10.2 Å². The summed E-state index contributed by atoms with van der Waals surface area (Å²) in [4.78, 5) is 43.4. The molecule has 2 fully saturated rings. The van der Waals surface area contributed by atoms with Crippen molar-refractivity contribution >= 4 is 47.9 Å². The number of alkyl carbamates (subject to hydrolysis) is 1. The number of anilines is 1. The summed E-state index contributed by atoms with van der Waals surface area (Å²) in [7, 11) is 6.31. The number of fused-ring (bicyclic) bond motifs is 5. The molecule has 1 aromatic rings. The van der Waals surface area contributed by atoms with Gasteiger partial charge in [0.1, 0.15) is 40.7 Å². The molecule has 4 rings (SSSR count). The molecule has 4 bridgehead atoms. The van der Waals surface area contributed by atoms with Crippen molar-refractivity contribution in [2.75, 3.05) is 33.2 Å². The summed E-state index contributed by atoms with van der Waals surface area (Å²) in [6.07, 6.45) is 1.40. The Hall–Kier alpha value is -2.81. The fourth-order valence-corrected chi connectivity index (χ4v) is 6.85. The number of hydrogen-bond donors (Lipinski definition) is 3. The van der Waals surface area contributed by atoms with E-state index in [2.05, 4.69) is 17.9 Å². The summed E-state index contributed by atoms with van der Waals surface area (Å²) in [6.45, 7) is 9.06. The summed E-state index contributed by atoms with van der Waals surface area (Å²) in [5, 5.41) is 14.2. The molecule has 12 nitrogen and oxygen atoms in total. The maximum Gasteiger partial charge on any atom is 0.409 e. The number of epoxide rings is 1. The zero-order valence-electron chi connectivity index (χ0n) is 29.0. The number of halogens is 1. The van der Waals surface area contributed by atoms with E-state index in [1.807, 2.05) is 39.0 Å². The zero-order valence-corrected chi connectivity index (χ0v) is 30.6. The third-order valence-electron chi connectivity index (χ3n) is 9.75. The highest BCUT2D eigenvalue weighted by Crippen LogP contribution is 2.49. The van der Waals surface area contributed by atoms with E-state index < -0.39 is 59.8 Å². The van der Waals surface area contributed by atoms with Crippen LogP contribution in [0.5, 0.6) is 5.75 Å². The fourth-order valence-electron chi connectivity index (χ4n) is 6.33. The molecule has 2 amide bonds. The second-order valence-electron chi connectivity index (χ2n) is 13.2. The number of carbonyl (C=O) groups is 3. The Morgan fingerprint density at radius 3 is 2.58 bits per heavy atom. The summed E-state index contributed by atoms with van der Waals surface area (Å²) in [6, 6.07) is 2.95. The lowest BCUT2D eigenvalue weighted by molar-refractivity contribution is -0.159. The molecule has 0 saturated carbocycles. The van der Waals surface area contributed by atoms with Crippen molar-refractivity contribution < 1.29 is 43.2 Å². The number of nitrogens with zero attached hydrogens (tertiary/aromatic N) is 2. The maximum absolute atomic E-state index is 14.0. The normalized spacial score (nSPS) is 34.1. The lowest BCUT2D eigenvalue weighted by Crippen LogP contribution is -2.63. The molecule has 3 aliphatic rings. The summed E-state index contributed by atoms with van der Waals surface area (Å²) >= 11 is 11.2. The first kappa shape index (κ1) is 38.0. The van der Waals surface area contributed by atoms with Crippen LogP contribution in [0.1, 0.15) is 53.0 Å². The number of carbonyl (C=O) groups excluding carboxylic acids is 3. The number of aliphatic hydroxyl groups is 1. The van der Waals surface area contributed by atoms with E-state index in [1.165, 1.54) is 19.1 Å². The number of amides is 2. The van der Waals surface area contributed by atoms with Gasteiger partial charge in [0, 0.05) is 26.5 Å². The van der Waals surface area contributed by atoms with Crippen molar-refractivity contribution in [1.29, 1.82) is 0 Å². The molecule has 1 aromatic carbocycles. The van der Waals surface area contributed by atoms with Crippen LogP contribution in [0.15, 0.2) is 35.9 Å². The number of thiol groups is 1. The van der Waals surface area contributed by atoms with Crippen LogP contribution in [0.2, 0.25) is 5.02 Å². The minimum absolute atomic E-state index is 0.0146. The Morgan fingerprint density at radius 1 is 1.27 bits per heavy atom. The third-order valence-corrected chi connectivity index (χ3v) is 10.5. The Labute approximate surface area is 293 Å². The number of methoxy groups -OCH3 is 2. The number of ether oxygens (including phenoxy) is 5. The maximum atomic E-state index is 14.0. The molecule has 2 saturated heterocycles. The molecule has 48 heavy (non-hydrogen) atoms. The van der Waals surface area contributed by atoms with Gasteiger partial charge in [-0.1, -0.05) is 42.3 Å². The van der Waals surface area contributed by atoms with E-state index in [0.29, 0.717) is 17.9 Å². The Bertz CT molecular complexity index is 1460. The molecule has 0 aromatic heterocycles. The van der Waals surface area contributed by atoms with Crippen molar-refractivity contribution in [3.63, 3.8) is 0 Å². The van der Waals surface area contributed by atoms with Gasteiger partial charge < -0.3 is 33.7 Å². The predicted octanol–water partition coefficient (Wildman–Crippen LogP) is 4.26. The first-order valence-electron chi connectivity index (χ1n) is 15.9. The third kappa shape index (κ3) is 7.97. The van der Waals surface area contributed by atoms with Gasteiger partial charge in [0.05, 0.1) is 30.7 Å². The Kier molecular flexibility index (Phi) is 11.9. The molecular formula is C34H48ClN3O9S. The lowest BCUT2D eigenvalue weighted by atomic mass is 9.83. The van der Waals surface area contributed by atoms with Crippen LogP contribution in [0, 0.1) is 5.92 Å². The van der Waals surface area contributed by atoms with Crippen molar-refractivity contribution in [2.24, 2.45) is 5.92 Å². The monoisotopic (exact) mass is 709 g/mol. The molecule has 14 heteroatoms. The largest absolute Gasteiger partial charge is 0.495 e. The molecule has 9 unspecified atom stereocenters. The van der Waals surface area contributed by atoms with Crippen LogP contribution >= 0.6 is 24.2 Å². The zero-order chi connectivity index (χ0) is 35.7. The van der Waals surface area contributed by atoms with E-state index in [0.717, 1.165) is 11.1 Å². The van der Waals surface area contributed by atoms with Crippen molar-refractivity contribution in [2.45, 2.75) is 101 Å². The average molecular weight is 710 g/mol. The van der Waals surface area contributed by atoms with Gasteiger partial charge in [-0.2, -0.15) is 12.6 Å². The Morgan fingerprint density at radius 2 is 1.96 bits per heavy atom. The first-order valence-corrected chi connectivity index (χ1v) is 16.8. The summed E-state index contributed by atoms with van der Waals surface area (Å²) in [5.41, 5.74) is -0.703. The number of benzene rings is 1. The molecule has 3 heterocycles. The van der Waals surface area contributed by atoms with Gasteiger partial charge in [0.25, 0.3) is 0 Å². The molecule has 2 N–H and O–H groups in total. The van der Waals surface area contributed by atoms with Gasteiger partial charge in [0.2, 0.25) is 5.91 Å². The number of hydrogen-bond acceptors (Lipinski definition) is 11. The van der Waals surface area contributed by atoms with Crippen LogP contribution in [0.4, 0.5) is 10.5 Å². The number of rotatable bonds is 6. The smallest absolute Gasteiger partial charge is 0.409 e. The van der Waals surface area contributed by atoms with Gasteiger partial charge >= 0.3 is 12.1 Å². The predicted molar refractivity (Wildman–Crippen MR) is 184 cm³/mol. The van der Waals surface area contributed by atoms with Crippen LogP contribution in [-0.2, 0) is 35.0 Å². The molecular weight excluding hydrogens is 662 g/mol. The SMILES string of the molecule is COc1cc2cc(c1Cl)N(C)C(=O)CC(OC(=O)C(C)N(C)C(C)S)C1(C)OC1C(C)C1CC(O)(NC(=O)O1)C(OC)/C=C/C=C(\C)C2. The molecule has 0 spiro atoms. The number of esters is 1. The highest BCUT2D eigenvalue weighted by atomic mass is 35.5. The summed E-state index contributed by atoms with van der Waals surface area (Å²) < 4.78 is 29.2. The van der Waals surface area contributed by atoms with Crippen LogP contribution < -0.4 is 15.0 Å². The number of likely N-dealkylation sites (N-methyl/N-ethyl adjacent to an activating group) is 1. The molecule has 0 radical (unpaired) electrons. The second-order valence-corrected chi connectivity index (χ2v) is 14.3. The van der Waals surface area contributed by atoms with Crippen LogP contribution in [-0.4, -0.2) is 103 Å². The lowest BCUT2D eigenvalue weighted by Gasteiger charge is -2.42. The van der Waals surface area contributed by atoms with Gasteiger partial charge in [0.15, 0.2) is 5.72 Å². The summed E-state index contributed by atoms with van der Waals surface area (Å²) in [5.74, 6) is -1.00. The van der Waals surface area contributed by atoms with Crippen LogP contribution in [0.25, 0.3) is 0 Å². The van der Waals surface area contributed by atoms with Crippen molar-refractivity contribution in [3.05, 3.63) is 46.5 Å². The quantitative estimate of drug-likeness (QED) is 0.170. The van der Waals surface area contributed by atoms with Gasteiger partial charge in [-0.25, -0.2) is 4.79 Å². The van der Waals surface area contributed by atoms with Gasteiger partial charge in [-0.3, -0.25) is 19.8 Å². The van der Waals surface area contributed by atoms with E-state index in [-0.39, 0.29) is 29.1 Å². The van der Waals surface area contributed by atoms with Gasteiger partial charge in [-0.05, 0) is 58.9 Å². The van der Waals surface area contributed by atoms with E-state index in [9.17, 15) is 19.5 Å². The molecule has 9 atom stereocenters. The fraction of sp³-hybridized carbons (Fsp3) is 0.618. The van der Waals surface area contributed by atoms with Crippen molar-refractivity contribution in [3.8, 4) is 5.75 Å². The second kappa shape index (κ2) is 15.0. The standard InChI is InChI=1S/C34H48ClN3O9S/c1-18-11-10-12-26(44-9)34(42)17-25(45-32(41)36-34)19(2)30-33(5,47-30)27(46-31(40)20(3)37(6)21(4)48)16-28(39)38(7)23-14-22(13-18)15-24(43-8)29(23)35/h10-12,14-15,19-21,25-27,30,42,48H,13,16-17H2,1-9H3,(H,36,41)/b12-10+,18-11+. The van der Waals surface area contributed by atoms with Gasteiger partial charge in [-0.15, -0.1) is 0 Å². The number of allylic oxidation sites excluding steroid dienone is 3. The molecule has 266 valence electrons. The molecule has 3 aliphatic heterocycles. The highest BCUT2D eigenvalue weighted by Gasteiger charge is 2.64. The van der Waals surface area contributed by atoms with Crippen LogP contribution in [0.3, 0.4) is 0 Å². The first-order chi connectivity index (χ1) is 22.4. The van der Waals surface area contributed by atoms with E-state index in [1.54, 1.807) is 45.0 Å².